The Morgan fingerprint density at radius 3 is 2.71 bits per heavy atom. The molecular weight excluding hydrogens is 212 g/mol. The SMILES string of the molecule is CC(=O)C1=CC[C@@]2(C)CC[C@H](C(C)C)[C@@]2(O)C1. The van der Waals surface area contributed by atoms with Crippen LogP contribution in [0.4, 0.5) is 0 Å². The Hall–Kier alpha value is -0.630. The van der Waals surface area contributed by atoms with E-state index >= 15 is 0 Å². The minimum absolute atomic E-state index is 0.0269. The van der Waals surface area contributed by atoms with Gasteiger partial charge in [-0.15, -0.1) is 0 Å². The summed E-state index contributed by atoms with van der Waals surface area (Å²) in [5.41, 5.74) is 0.134. The predicted octanol–water partition coefficient (Wildman–Crippen LogP) is 3.10. The van der Waals surface area contributed by atoms with E-state index in [-0.39, 0.29) is 11.2 Å². The first-order chi connectivity index (χ1) is 7.80. The fraction of sp³-hybridized carbons (Fsp3) is 0.800. The molecule has 2 rings (SSSR count). The summed E-state index contributed by atoms with van der Waals surface area (Å²) < 4.78 is 0. The van der Waals surface area contributed by atoms with Crippen LogP contribution in [0.5, 0.6) is 0 Å². The number of aliphatic hydroxyl groups is 1. The van der Waals surface area contributed by atoms with Gasteiger partial charge in [-0.3, -0.25) is 4.79 Å². The highest BCUT2D eigenvalue weighted by atomic mass is 16.3. The molecule has 0 unspecified atom stereocenters. The topological polar surface area (TPSA) is 37.3 Å². The maximum absolute atomic E-state index is 11.5. The van der Waals surface area contributed by atoms with Gasteiger partial charge in [0.1, 0.15) is 0 Å². The van der Waals surface area contributed by atoms with Gasteiger partial charge in [0, 0.05) is 11.8 Å². The van der Waals surface area contributed by atoms with Gasteiger partial charge in [-0.2, -0.15) is 0 Å². The van der Waals surface area contributed by atoms with Gasteiger partial charge in [-0.1, -0.05) is 26.8 Å². The molecule has 1 N–H and O–H groups in total. The van der Waals surface area contributed by atoms with Crippen molar-refractivity contribution in [1.82, 2.24) is 0 Å². The molecular formula is C15H24O2. The Kier molecular flexibility index (Phi) is 2.97. The average Bonchev–Trinajstić information content (AvgIpc) is 2.49. The summed E-state index contributed by atoms with van der Waals surface area (Å²) >= 11 is 0. The molecule has 17 heavy (non-hydrogen) atoms. The summed E-state index contributed by atoms with van der Waals surface area (Å²) in [6, 6.07) is 0. The van der Waals surface area contributed by atoms with Crippen LogP contribution in [0.3, 0.4) is 0 Å². The number of hydrogen-bond acceptors (Lipinski definition) is 2. The smallest absolute Gasteiger partial charge is 0.155 e. The molecule has 0 aliphatic heterocycles. The lowest BCUT2D eigenvalue weighted by Gasteiger charge is -2.47. The number of ketones is 1. The number of carbonyl (C=O) groups is 1. The Balaban J connectivity index is 2.36. The number of hydrogen-bond donors (Lipinski definition) is 1. The molecule has 0 saturated heterocycles. The number of Topliss-reactive ketones (excluding diaryl/α,β-unsaturated/α-hetero) is 1. The van der Waals surface area contributed by atoms with E-state index in [0.29, 0.717) is 18.3 Å². The van der Waals surface area contributed by atoms with Crippen LogP contribution in [-0.4, -0.2) is 16.5 Å². The molecule has 0 heterocycles. The fourth-order valence-corrected chi connectivity index (χ4v) is 3.86. The van der Waals surface area contributed by atoms with Gasteiger partial charge in [0.25, 0.3) is 0 Å². The Bertz CT molecular complexity index is 369. The maximum Gasteiger partial charge on any atom is 0.155 e. The highest BCUT2D eigenvalue weighted by molar-refractivity contribution is 5.93. The predicted molar refractivity (Wildman–Crippen MR) is 68.6 cm³/mol. The van der Waals surface area contributed by atoms with Crippen molar-refractivity contribution in [2.75, 3.05) is 0 Å². The van der Waals surface area contributed by atoms with Crippen molar-refractivity contribution >= 4 is 5.78 Å². The van der Waals surface area contributed by atoms with Crippen LogP contribution < -0.4 is 0 Å². The molecule has 0 aromatic carbocycles. The van der Waals surface area contributed by atoms with Gasteiger partial charge in [-0.25, -0.2) is 0 Å². The van der Waals surface area contributed by atoms with Crippen LogP contribution in [0.25, 0.3) is 0 Å². The molecule has 2 aliphatic rings. The molecule has 0 spiro atoms. The highest BCUT2D eigenvalue weighted by Gasteiger charge is 2.58. The van der Waals surface area contributed by atoms with Crippen molar-refractivity contribution in [3.05, 3.63) is 11.6 Å². The molecule has 96 valence electrons. The Morgan fingerprint density at radius 2 is 2.18 bits per heavy atom. The largest absolute Gasteiger partial charge is 0.389 e. The van der Waals surface area contributed by atoms with Crippen molar-refractivity contribution in [3.63, 3.8) is 0 Å². The summed E-state index contributed by atoms with van der Waals surface area (Å²) in [6.07, 6.45) is 5.63. The first-order valence-electron chi connectivity index (χ1n) is 6.72. The number of fused-ring (bicyclic) bond motifs is 1. The summed E-state index contributed by atoms with van der Waals surface area (Å²) in [5, 5.41) is 11.1. The summed E-state index contributed by atoms with van der Waals surface area (Å²) in [4.78, 5) is 11.5. The molecule has 0 bridgehead atoms. The lowest BCUT2D eigenvalue weighted by Crippen LogP contribution is -2.50. The minimum Gasteiger partial charge on any atom is -0.389 e. The van der Waals surface area contributed by atoms with Crippen molar-refractivity contribution in [1.29, 1.82) is 0 Å². The zero-order chi connectivity index (χ0) is 12.8. The van der Waals surface area contributed by atoms with Crippen LogP contribution in [0.15, 0.2) is 11.6 Å². The fourth-order valence-electron chi connectivity index (χ4n) is 3.86. The second kappa shape index (κ2) is 3.94. The number of carbonyl (C=O) groups excluding carboxylic acids is 1. The van der Waals surface area contributed by atoms with E-state index in [4.69, 9.17) is 0 Å². The molecule has 0 aromatic heterocycles. The van der Waals surface area contributed by atoms with E-state index in [1.54, 1.807) is 6.92 Å². The van der Waals surface area contributed by atoms with Crippen molar-refractivity contribution in [2.24, 2.45) is 17.3 Å². The molecule has 2 heteroatoms. The lowest BCUT2D eigenvalue weighted by atomic mass is 9.62. The van der Waals surface area contributed by atoms with Gasteiger partial charge < -0.3 is 5.11 Å². The third-order valence-corrected chi connectivity index (χ3v) is 5.18. The van der Waals surface area contributed by atoms with E-state index in [0.717, 1.165) is 24.8 Å². The summed E-state index contributed by atoms with van der Waals surface area (Å²) in [5.74, 6) is 0.929. The van der Waals surface area contributed by atoms with E-state index < -0.39 is 5.60 Å². The van der Waals surface area contributed by atoms with Crippen molar-refractivity contribution in [3.8, 4) is 0 Å². The van der Waals surface area contributed by atoms with Crippen molar-refractivity contribution in [2.45, 2.75) is 59.0 Å². The minimum atomic E-state index is -0.670. The van der Waals surface area contributed by atoms with Gasteiger partial charge in [0.15, 0.2) is 5.78 Å². The quantitative estimate of drug-likeness (QED) is 0.800. The second-order valence-corrected chi connectivity index (χ2v) is 6.54. The summed E-state index contributed by atoms with van der Waals surface area (Å²) in [6.45, 7) is 8.15. The molecule has 0 aromatic rings. The van der Waals surface area contributed by atoms with Crippen LogP contribution in [0.1, 0.15) is 53.4 Å². The number of rotatable bonds is 2. The van der Waals surface area contributed by atoms with Gasteiger partial charge >= 0.3 is 0 Å². The molecule has 0 radical (unpaired) electrons. The van der Waals surface area contributed by atoms with Crippen molar-refractivity contribution < 1.29 is 9.90 Å². The van der Waals surface area contributed by atoms with Crippen LogP contribution in [0.2, 0.25) is 0 Å². The van der Waals surface area contributed by atoms with Gasteiger partial charge in [0.05, 0.1) is 5.60 Å². The first kappa shape index (κ1) is 12.8. The van der Waals surface area contributed by atoms with Crippen LogP contribution in [0, 0.1) is 17.3 Å². The molecule has 1 saturated carbocycles. The van der Waals surface area contributed by atoms with E-state index in [1.165, 1.54) is 0 Å². The lowest BCUT2D eigenvalue weighted by molar-refractivity contribution is -0.120. The third-order valence-electron chi connectivity index (χ3n) is 5.18. The van der Waals surface area contributed by atoms with E-state index in [1.807, 2.05) is 0 Å². The highest BCUT2D eigenvalue weighted by Crippen LogP contribution is 2.58. The Labute approximate surface area is 104 Å². The van der Waals surface area contributed by atoms with Crippen LogP contribution >= 0.6 is 0 Å². The van der Waals surface area contributed by atoms with Crippen LogP contribution in [-0.2, 0) is 4.79 Å². The maximum atomic E-state index is 11.5. The standard InChI is InChI=1S/C15H24O2/c1-10(2)13-6-8-14(4)7-5-12(11(3)16)9-15(13,14)17/h5,10,13,17H,6-9H2,1-4H3/t13-,14+,15+/m1/s1. The average molecular weight is 236 g/mol. The number of allylic oxidation sites excluding steroid dienone is 1. The monoisotopic (exact) mass is 236 g/mol. The van der Waals surface area contributed by atoms with E-state index in [9.17, 15) is 9.90 Å². The summed E-state index contributed by atoms with van der Waals surface area (Å²) in [7, 11) is 0. The zero-order valence-corrected chi connectivity index (χ0v) is 11.4. The molecule has 2 nitrogen and oxygen atoms in total. The molecule has 0 amide bonds. The van der Waals surface area contributed by atoms with E-state index in [2.05, 4.69) is 26.8 Å². The van der Waals surface area contributed by atoms with Gasteiger partial charge in [-0.05, 0) is 43.6 Å². The zero-order valence-electron chi connectivity index (χ0n) is 11.4. The Morgan fingerprint density at radius 1 is 1.53 bits per heavy atom. The molecule has 1 fully saturated rings. The first-order valence-corrected chi connectivity index (χ1v) is 6.72. The second-order valence-electron chi connectivity index (χ2n) is 6.54. The normalized spacial score (nSPS) is 41.3. The molecule has 3 atom stereocenters. The van der Waals surface area contributed by atoms with Gasteiger partial charge in [0.2, 0.25) is 0 Å². The third kappa shape index (κ3) is 1.77. The molecule has 2 aliphatic carbocycles.